The van der Waals surface area contributed by atoms with E-state index < -0.39 is 0 Å². The summed E-state index contributed by atoms with van der Waals surface area (Å²) in [6.07, 6.45) is 3.55. The van der Waals surface area contributed by atoms with Crippen LogP contribution in [0.1, 0.15) is 5.56 Å². The van der Waals surface area contributed by atoms with Gasteiger partial charge < -0.3 is 11.5 Å². The summed E-state index contributed by atoms with van der Waals surface area (Å²) in [6.45, 7) is 0. The number of benzene rings is 2. The lowest BCUT2D eigenvalue weighted by atomic mass is 10.1. The first kappa shape index (κ1) is 17.2. The zero-order valence-electron chi connectivity index (χ0n) is 14.8. The van der Waals surface area contributed by atoms with Crippen molar-refractivity contribution in [1.82, 2.24) is 24.7 Å². The number of nitrogens with one attached hydrogen (secondary N) is 1. The lowest BCUT2D eigenvalue weighted by Gasteiger charge is -2.00. The molecule has 9 nitrogen and oxygen atoms in total. The summed E-state index contributed by atoms with van der Waals surface area (Å²) < 4.78 is 1.81. The van der Waals surface area contributed by atoms with Gasteiger partial charge in [-0.2, -0.15) is 25.2 Å². The molecule has 0 aliphatic carbocycles. The van der Waals surface area contributed by atoms with E-state index in [2.05, 4.69) is 25.5 Å². The van der Waals surface area contributed by atoms with Crippen LogP contribution in [0.5, 0.6) is 0 Å². The summed E-state index contributed by atoms with van der Waals surface area (Å²) in [6, 6.07) is 19.7. The predicted molar refractivity (Wildman–Crippen MR) is 109 cm³/mol. The van der Waals surface area contributed by atoms with E-state index in [9.17, 15) is 0 Å². The number of rotatable bonds is 5. The lowest BCUT2D eigenvalue weighted by molar-refractivity contribution is 0.884. The van der Waals surface area contributed by atoms with Crippen molar-refractivity contribution >= 4 is 24.1 Å². The Morgan fingerprint density at radius 1 is 0.857 bits per heavy atom. The fourth-order valence-corrected chi connectivity index (χ4v) is 2.63. The molecule has 0 spiro atoms. The quantitative estimate of drug-likeness (QED) is 0.362. The Bertz CT molecular complexity index is 1080. The SMILES string of the molecule is Nc1nc(N)nc(N/N=C/c2cn(-c3ccccc3)nc2-c2ccccc2)n1. The van der Waals surface area contributed by atoms with Gasteiger partial charge in [0.1, 0.15) is 5.69 Å². The van der Waals surface area contributed by atoms with Crippen molar-refractivity contribution < 1.29 is 0 Å². The van der Waals surface area contributed by atoms with Crippen molar-refractivity contribution in [2.45, 2.75) is 0 Å². The molecule has 0 atom stereocenters. The molecule has 0 fully saturated rings. The van der Waals surface area contributed by atoms with Crippen LogP contribution in [0.25, 0.3) is 16.9 Å². The first-order chi connectivity index (χ1) is 13.7. The molecule has 0 aliphatic rings. The Morgan fingerprint density at radius 2 is 1.50 bits per heavy atom. The zero-order valence-corrected chi connectivity index (χ0v) is 14.8. The van der Waals surface area contributed by atoms with E-state index in [1.165, 1.54) is 0 Å². The monoisotopic (exact) mass is 371 g/mol. The second-order valence-corrected chi connectivity index (χ2v) is 5.82. The van der Waals surface area contributed by atoms with Crippen molar-refractivity contribution in [3.8, 4) is 16.9 Å². The van der Waals surface area contributed by atoms with Crippen molar-refractivity contribution in [3.63, 3.8) is 0 Å². The molecule has 0 aliphatic heterocycles. The third kappa shape index (κ3) is 3.78. The van der Waals surface area contributed by atoms with Crippen molar-refractivity contribution in [3.05, 3.63) is 72.4 Å². The molecule has 0 amide bonds. The molecular weight excluding hydrogens is 354 g/mol. The van der Waals surface area contributed by atoms with Crippen LogP contribution in [0.4, 0.5) is 17.8 Å². The summed E-state index contributed by atoms with van der Waals surface area (Å²) in [5, 5.41) is 8.92. The van der Waals surface area contributed by atoms with E-state index in [1.54, 1.807) is 6.21 Å². The maximum atomic E-state index is 5.56. The molecule has 2 aromatic heterocycles. The third-order valence-electron chi connectivity index (χ3n) is 3.85. The van der Waals surface area contributed by atoms with Gasteiger partial charge in [-0.05, 0) is 12.1 Å². The fourth-order valence-electron chi connectivity index (χ4n) is 2.63. The Balaban J connectivity index is 1.67. The average Bonchev–Trinajstić information content (AvgIpc) is 3.13. The van der Waals surface area contributed by atoms with Crippen molar-refractivity contribution in [2.24, 2.45) is 5.10 Å². The largest absolute Gasteiger partial charge is 0.368 e. The molecule has 138 valence electrons. The highest BCUT2D eigenvalue weighted by Gasteiger charge is 2.11. The summed E-state index contributed by atoms with van der Waals surface area (Å²) in [4.78, 5) is 11.6. The van der Waals surface area contributed by atoms with Crippen LogP contribution in [0.3, 0.4) is 0 Å². The number of nitrogen functional groups attached to an aromatic ring is 2. The number of hydrogen-bond acceptors (Lipinski definition) is 8. The minimum absolute atomic E-state index is 0.0204. The number of hydrogen-bond donors (Lipinski definition) is 3. The number of nitrogens with zero attached hydrogens (tertiary/aromatic N) is 6. The van der Waals surface area contributed by atoms with E-state index in [0.717, 1.165) is 22.5 Å². The van der Waals surface area contributed by atoms with Crippen molar-refractivity contribution in [1.29, 1.82) is 0 Å². The van der Waals surface area contributed by atoms with Gasteiger partial charge in [-0.15, -0.1) is 0 Å². The molecule has 4 rings (SSSR count). The second-order valence-electron chi connectivity index (χ2n) is 5.82. The average molecular weight is 371 g/mol. The highest BCUT2D eigenvalue weighted by Crippen LogP contribution is 2.22. The summed E-state index contributed by atoms with van der Waals surface area (Å²) >= 11 is 0. The highest BCUT2D eigenvalue weighted by molar-refractivity contribution is 5.89. The Morgan fingerprint density at radius 3 is 2.18 bits per heavy atom. The van der Waals surface area contributed by atoms with Crippen LogP contribution in [0, 0.1) is 0 Å². The van der Waals surface area contributed by atoms with Crippen LogP contribution in [0.2, 0.25) is 0 Å². The number of nitrogens with two attached hydrogens (primary N) is 2. The van der Waals surface area contributed by atoms with E-state index in [4.69, 9.17) is 16.6 Å². The highest BCUT2D eigenvalue weighted by atomic mass is 15.4. The smallest absolute Gasteiger partial charge is 0.250 e. The number of hydrazone groups is 1. The second kappa shape index (κ2) is 7.54. The van der Waals surface area contributed by atoms with Gasteiger partial charge in [-0.1, -0.05) is 48.5 Å². The van der Waals surface area contributed by atoms with Gasteiger partial charge in [0.25, 0.3) is 0 Å². The predicted octanol–water partition coefficient (Wildman–Crippen LogP) is 2.33. The standard InChI is InChI=1S/C19H17N9/c20-17-23-18(21)25-19(24-17)26-22-11-14-12-28(15-9-5-2-6-10-15)27-16(14)13-7-3-1-4-8-13/h1-12H,(H5,20,21,23,24,25,26)/b22-11+. The van der Waals surface area contributed by atoms with E-state index >= 15 is 0 Å². The minimum atomic E-state index is 0.0204. The Hall–Kier alpha value is -4.27. The Kier molecular flexibility index (Phi) is 4.62. The molecule has 0 saturated carbocycles. The molecule has 0 unspecified atom stereocenters. The molecule has 0 radical (unpaired) electrons. The molecule has 4 aromatic rings. The molecular formula is C19H17N9. The van der Waals surface area contributed by atoms with Gasteiger partial charge >= 0.3 is 0 Å². The number of para-hydroxylation sites is 1. The minimum Gasteiger partial charge on any atom is -0.368 e. The lowest BCUT2D eigenvalue weighted by Crippen LogP contribution is -2.06. The number of anilines is 3. The third-order valence-corrected chi connectivity index (χ3v) is 3.85. The fraction of sp³-hybridized carbons (Fsp3) is 0. The summed E-state index contributed by atoms with van der Waals surface area (Å²) in [7, 11) is 0. The van der Waals surface area contributed by atoms with E-state index in [1.807, 2.05) is 71.5 Å². The van der Waals surface area contributed by atoms with Gasteiger partial charge in [0.05, 0.1) is 11.9 Å². The van der Waals surface area contributed by atoms with Crippen molar-refractivity contribution in [2.75, 3.05) is 16.9 Å². The van der Waals surface area contributed by atoms with E-state index in [0.29, 0.717) is 0 Å². The molecule has 0 saturated heterocycles. The van der Waals surface area contributed by atoms with Crippen LogP contribution >= 0.6 is 0 Å². The van der Waals surface area contributed by atoms with E-state index in [-0.39, 0.29) is 17.8 Å². The summed E-state index contributed by atoms with van der Waals surface area (Å²) in [5.41, 5.74) is 17.4. The van der Waals surface area contributed by atoms with Gasteiger partial charge in [0.2, 0.25) is 17.8 Å². The first-order valence-corrected chi connectivity index (χ1v) is 8.45. The van der Waals surface area contributed by atoms with Gasteiger partial charge in [-0.25, -0.2) is 10.1 Å². The molecule has 0 bridgehead atoms. The normalized spacial score (nSPS) is 11.0. The molecule has 28 heavy (non-hydrogen) atoms. The maximum Gasteiger partial charge on any atom is 0.250 e. The summed E-state index contributed by atoms with van der Waals surface area (Å²) in [5.74, 6) is 0.206. The van der Waals surface area contributed by atoms with Gasteiger partial charge in [-0.3, -0.25) is 0 Å². The van der Waals surface area contributed by atoms with Crippen LogP contribution < -0.4 is 16.9 Å². The number of aromatic nitrogens is 5. The maximum absolute atomic E-state index is 5.56. The molecule has 9 heteroatoms. The van der Waals surface area contributed by atoms with Crippen LogP contribution in [0.15, 0.2) is 72.0 Å². The van der Waals surface area contributed by atoms with Gasteiger partial charge in [0.15, 0.2) is 0 Å². The zero-order chi connectivity index (χ0) is 19.3. The van der Waals surface area contributed by atoms with Crippen LogP contribution in [-0.2, 0) is 0 Å². The first-order valence-electron chi connectivity index (χ1n) is 8.45. The molecule has 2 heterocycles. The molecule has 5 N–H and O–H groups in total. The van der Waals surface area contributed by atoms with Gasteiger partial charge in [0, 0.05) is 17.3 Å². The topological polar surface area (TPSA) is 133 Å². The Labute approximate surface area is 160 Å². The molecule has 2 aromatic carbocycles. The van der Waals surface area contributed by atoms with Crippen LogP contribution in [-0.4, -0.2) is 30.9 Å².